The van der Waals surface area contributed by atoms with Gasteiger partial charge in [-0.05, 0) is 43.4 Å². The van der Waals surface area contributed by atoms with Crippen molar-refractivity contribution in [3.63, 3.8) is 0 Å². The van der Waals surface area contributed by atoms with E-state index in [1.165, 1.54) is 31.2 Å². The molecule has 1 fully saturated rings. The highest BCUT2D eigenvalue weighted by Crippen LogP contribution is 2.47. The second-order valence-corrected chi connectivity index (χ2v) is 8.95. The van der Waals surface area contributed by atoms with Crippen LogP contribution in [-0.4, -0.2) is 30.3 Å². The number of hydrogen-bond acceptors (Lipinski definition) is 5. The van der Waals surface area contributed by atoms with E-state index >= 15 is 0 Å². The molecule has 1 saturated heterocycles. The van der Waals surface area contributed by atoms with E-state index in [9.17, 15) is 9.46 Å². The lowest BCUT2D eigenvalue weighted by molar-refractivity contribution is 0.0360. The lowest BCUT2D eigenvalue weighted by atomic mass is 9.94. The number of rotatable bonds is 12. The summed E-state index contributed by atoms with van der Waals surface area (Å²) in [6.45, 7) is 3.13. The molecule has 1 aliphatic heterocycles. The van der Waals surface area contributed by atoms with E-state index in [0.29, 0.717) is 6.42 Å². The summed E-state index contributed by atoms with van der Waals surface area (Å²) < 4.78 is 26.7. The number of hydrogen-bond donors (Lipinski definition) is 2. The minimum absolute atomic E-state index is 0.0608. The summed E-state index contributed by atoms with van der Waals surface area (Å²) in [4.78, 5) is 9.20. The third kappa shape index (κ3) is 8.75. The molecule has 7 heteroatoms. The average molecular weight is 399 g/mol. The predicted octanol–water partition coefficient (Wildman–Crippen LogP) is 4.59. The highest BCUT2D eigenvalue weighted by atomic mass is 31.2. The normalized spacial score (nSPS) is 25.4. The van der Waals surface area contributed by atoms with Crippen LogP contribution in [0.15, 0.2) is 24.3 Å². The van der Waals surface area contributed by atoms with Crippen molar-refractivity contribution >= 4 is 7.82 Å². The quantitative estimate of drug-likeness (QED) is 0.394. The van der Waals surface area contributed by atoms with Crippen molar-refractivity contribution in [1.29, 1.82) is 0 Å². The Balaban J connectivity index is 1.59. The molecule has 1 aromatic rings. The van der Waals surface area contributed by atoms with Crippen LogP contribution in [0.2, 0.25) is 0 Å². The van der Waals surface area contributed by atoms with Crippen molar-refractivity contribution in [2.24, 2.45) is 5.73 Å². The molecule has 0 bridgehead atoms. The van der Waals surface area contributed by atoms with Crippen molar-refractivity contribution in [2.45, 2.75) is 70.3 Å². The Labute approximate surface area is 163 Å². The molecule has 1 heterocycles. The first-order valence-electron chi connectivity index (χ1n) is 10.0. The maximum absolute atomic E-state index is 11.2. The van der Waals surface area contributed by atoms with Gasteiger partial charge in [-0.25, -0.2) is 4.57 Å². The van der Waals surface area contributed by atoms with Crippen molar-refractivity contribution in [3.8, 4) is 5.75 Å². The molecule has 154 valence electrons. The predicted molar refractivity (Wildman–Crippen MR) is 107 cm³/mol. The Morgan fingerprint density at radius 3 is 2.41 bits per heavy atom. The Kier molecular flexibility index (Phi) is 9.27. The standard InChI is InChI=1S/C20H34NO5P/c1-2-3-4-5-8-15-24-19-12-10-18(11-13-19)9-6-7-14-20(21)16-25-27(22,23)26-17-20/h10-13H,2-9,14-17,21H2,1H3,(H,22,23). The van der Waals surface area contributed by atoms with Crippen LogP contribution in [-0.2, 0) is 20.0 Å². The highest BCUT2D eigenvalue weighted by molar-refractivity contribution is 7.47. The molecule has 0 unspecified atom stereocenters. The second-order valence-electron chi connectivity index (χ2n) is 7.49. The largest absolute Gasteiger partial charge is 0.494 e. The fourth-order valence-corrected chi connectivity index (χ4v) is 4.01. The van der Waals surface area contributed by atoms with Gasteiger partial charge in [-0.1, -0.05) is 51.2 Å². The smallest absolute Gasteiger partial charge is 0.472 e. The Hall–Kier alpha value is -0.910. The third-order valence-electron chi connectivity index (χ3n) is 4.86. The minimum atomic E-state index is -3.87. The van der Waals surface area contributed by atoms with Gasteiger partial charge < -0.3 is 15.4 Å². The summed E-state index contributed by atoms with van der Waals surface area (Å²) in [6.07, 6.45) is 9.79. The Morgan fingerprint density at radius 1 is 1.07 bits per heavy atom. The average Bonchev–Trinajstić information content (AvgIpc) is 2.66. The van der Waals surface area contributed by atoms with E-state index in [4.69, 9.17) is 19.5 Å². The van der Waals surface area contributed by atoms with Crippen LogP contribution < -0.4 is 10.5 Å². The molecule has 1 aromatic carbocycles. The fraction of sp³-hybridized carbons (Fsp3) is 0.700. The first-order chi connectivity index (χ1) is 12.9. The van der Waals surface area contributed by atoms with Gasteiger partial charge in [-0.15, -0.1) is 0 Å². The molecular weight excluding hydrogens is 365 g/mol. The summed E-state index contributed by atoms with van der Waals surface area (Å²) >= 11 is 0. The molecule has 27 heavy (non-hydrogen) atoms. The van der Waals surface area contributed by atoms with E-state index in [0.717, 1.165) is 38.0 Å². The molecule has 0 radical (unpaired) electrons. The zero-order chi connectivity index (χ0) is 19.6. The van der Waals surface area contributed by atoms with Gasteiger partial charge >= 0.3 is 7.82 Å². The molecule has 0 atom stereocenters. The van der Waals surface area contributed by atoms with Gasteiger partial charge in [0.25, 0.3) is 0 Å². The lowest BCUT2D eigenvalue weighted by Gasteiger charge is -2.34. The van der Waals surface area contributed by atoms with Gasteiger partial charge in [0.15, 0.2) is 0 Å². The van der Waals surface area contributed by atoms with Gasteiger partial charge in [-0.3, -0.25) is 9.05 Å². The zero-order valence-corrected chi connectivity index (χ0v) is 17.3. The van der Waals surface area contributed by atoms with Crippen molar-refractivity contribution in [2.75, 3.05) is 19.8 Å². The lowest BCUT2D eigenvalue weighted by Crippen LogP contribution is -2.50. The molecule has 0 aliphatic carbocycles. The summed E-state index contributed by atoms with van der Waals surface area (Å²) in [7, 11) is -3.87. The monoisotopic (exact) mass is 399 g/mol. The van der Waals surface area contributed by atoms with Crippen molar-refractivity contribution in [3.05, 3.63) is 29.8 Å². The van der Waals surface area contributed by atoms with Crippen LogP contribution in [0, 0.1) is 0 Å². The van der Waals surface area contributed by atoms with Crippen molar-refractivity contribution < 1.29 is 23.2 Å². The van der Waals surface area contributed by atoms with E-state index in [-0.39, 0.29) is 13.2 Å². The third-order valence-corrected chi connectivity index (χ3v) is 5.77. The first kappa shape index (κ1) is 22.4. The molecule has 0 saturated carbocycles. The van der Waals surface area contributed by atoms with Gasteiger partial charge in [0, 0.05) is 0 Å². The van der Waals surface area contributed by atoms with Crippen LogP contribution in [0.25, 0.3) is 0 Å². The number of ether oxygens (including phenoxy) is 1. The molecule has 6 nitrogen and oxygen atoms in total. The number of unbranched alkanes of at least 4 members (excludes halogenated alkanes) is 5. The molecule has 0 spiro atoms. The fourth-order valence-electron chi connectivity index (χ4n) is 3.10. The van der Waals surface area contributed by atoms with Gasteiger partial charge in [-0.2, -0.15) is 0 Å². The second kappa shape index (κ2) is 11.2. The SMILES string of the molecule is CCCCCCCOc1ccc(CCCCC2(N)COP(=O)(O)OC2)cc1. The number of nitrogens with two attached hydrogens (primary N) is 1. The molecule has 3 N–H and O–H groups in total. The molecule has 0 amide bonds. The van der Waals surface area contributed by atoms with Crippen LogP contribution in [0.3, 0.4) is 0 Å². The van der Waals surface area contributed by atoms with Gasteiger partial charge in [0.05, 0.1) is 25.4 Å². The summed E-state index contributed by atoms with van der Waals surface area (Å²) in [5, 5.41) is 0. The molecule has 2 rings (SSSR count). The number of benzene rings is 1. The van der Waals surface area contributed by atoms with E-state index in [2.05, 4.69) is 19.1 Å². The highest BCUT2D eigenvalue weighted by Gasteiger charge is 2.38. The summed E-state index contributed by atoms with van der Waals surface area (Å²) in [6, 6.07) is 8.29. The Morgan fingerprint density at radius 2 is 1.74 bits per heavy atom. The Bertz CT molecular complexity index is 581. The maximum atomic E-state index is 11.2. The van der Waals surface area contributed by atoms with Gasteiger partial charge in [0.1, 0.15) is 5.75 Å². The summed E-state index contributed by atoms with van der Waals surface area (Å²) in [5.74, 6) is 0.931. The first-order valence-corrected chi connectivity index (χ1v) is 11.5. The van der Waals surface area contributed by atoms with E-state index in [1.54, 1.807) is 0 Å². The van der Waals surface area contributed by atoms with Crippen LogP contribution in [0.1, 0.15) is 63.9 Å². The molecular formula is C20H34NO5P. The number of phosphoric ester groups is 1. The van der Waals surface area contributed by atoms with E-state index < -0.39 is 13.4 Å². The van der Waals surface area contributed by atoms with Gasteiger partial charge in [0.2, 0.25) is 0 Å². The number of aryl methyl sites for hydroxylation is 1. The van der Waals surface area contributed by atoms with Crippen LogP contribution >= 0.6 is 7.82 Å². The minimum Gasteiger partial charge on any atom is -0.494 e. The topological polar surface area (TPSA) is 91.0 Å². The molecule has 0 aromatic heterocycles. The molecule has 1 aliphatic rings. The summed E-state index contributed by atoms with van der Waals surface area (Å²) in [5.41, 5.74) is 6.76. The zero-order valence-electron chi connectivity index (χ0n) is 16.4. The maximum Gasteiger partial charge on any atom is 0.472 e. The number of phosphoric acid groups is 1. The van der Waals surface area contributed by atoms with E-state index in [1.807, 2.05) is 12.1 Å². The van der Waals surface area contributed by atoms with Crippen molar-refractivity contribution in [1.82, 2.24) is 0 Å². The van der Waals surface area contributed by atoms with Crippen LogP contribution in [0.4, 0.5) is 0 Å². The van der Waals surface area contributed by atoms with Crippen LogP contribution in [0.5, 0.6) is 5.75 Å².